The van der Waals surface area contributed by atoms with Gasteiger partial charge in [0.05, 0.1) is 19.3 Å². The Labute approximate surface area is 120 Å². The van der Waals surface area contributed by atoms with Gasteiger partial charge in [0.15, 0.2) is 0 Å². The number of halogens is 1. The second kappa shape index (κ2) is 7.48. The number of ether oxygens (including phenoxy) is 1. The SMILES string of the molecule is CCC1COCCN1C(=O)c1ccc(CN)cc1.Cl. The van der Waals surface area contributed by atoms with Gasteiger partial charge in [-0.15, -0.1) is 12.4 Å². The summed E-state index contributed by atoms with van der Waals surface area (Å²) in [5.74, 6) is 0.0914. The molecule has 0 radical (unpaired) electrons. The van der Waals surface area contributed by atoms with Crippen LogP contribution in [0.25, 0.3) is 0 Å². The van der Waals surface area contributed by atoms with Crippen LogP contribution < -0.4 is 5.73 Å². The Hall–Kier alpha value is -1.10. The van der Waals surface area contributed by atoms with Gasteiger partial charge < -0.3 is 15.4 Å². The average Bonchev–Trinajstić information content (AvgIpc) is 2.46. The van der Waals surface area contributed by atoms with Gasteiger partial charge in [-0.25, -0.2) is 0 Å². The van der Waals surface area contributed by atoms with Crippen LogP contribution in [0.3, 0.4) is 0 Å². The Morgan fingerprint density at radius 3 is 2.68 bits per heavy atom. The summed E-state index contributed by atoms with van der Waals surface area (Å²) >= 11 is 0. The zero-order chi connectivity index (χ0) is 13.0. The lowest BCUT2D eigenvalue weighted by atomic mass is 10.1. The second-order valence-corrected chi connectivity index (χ2v) is 4.54. The lowest BCUT2D eigenvalue weighted by molar-refractivity contribution is -0.00279. The highest BCUT2D eigenvalue weighted by molar-refractivity contribution is 5.94. The normalized spacial score (nSPS) is 18.8. The Kier molecular flexibility index (Phi) is 6.28. The van der Waals surface area contributed by atoms with Crippen LogP contribution >= 0.6 is 12.4 Å². The molecule has 0 aromatic heterocycles. The van der Waals surface area contributed by atoms with E-state index in [2.05, 4.69) is 6.92 Å². The molecule has 5 heteroatoms. The maximum atomic E-state index is 12.4. The molecule has 1 aliphatic rings. The molecule has 0 aliphatic carbocycles. The highest BCUT2D eigenvalue weighted by Gasteiger charge is 2.26. The number of carbonyl (C=O) groups excluding carboxylic acids is 1. The molecule has 4 nitrogen and oxygen atoms in total. The van der Waals surface area contributed by atoms with Gasteiger partial charge in [0, 0.05) is 18.7 Å². The zero-order valence-corrected chi connectivity index (χ0v) is 12.0. The first-order valence-corrected chi connectivity index (χ1v) is 6.44. The summed E-state index contributed by atoms with van der Waals surface area (Å²) in [5, 5.41) is 0. The Bertz CT molecular complexity index is 408. The first-order valence-electron chi connectivity index (χ1n) is 6.44. The largest absolute Gasteiger partial charge is 0.377 e. The summed E-state index contributed by atoms with van der Waals surface area (Å²) in [4.78, 5) is 14.3. The summed E-state index contributed by atoms with van der Waals surface area (Å²) in [6.07, 6.45) is 0.923. The van der Waals surface area contributed by atoms with Crippen LogP contribution in [0, 0.1) is 0 Å². The first-order chi connectivity index (χ1) is 8.76. The van der Waals surface area contributed by atoms with Crippen LogP contribution in [-0.4, -0.2) is 36.6 Å². The van der Waals surface area contributed by atoms with Crippen molar-refractivity contribution in [2.24, 2.45) is 5.73 Å². The van der Waals surface area contributed by atoms with Crippen molar-refractivity contribution in [3.05, 3.63) is 35.4 Å². The molecule has 1 aliphatic heterocycles. The average molecular weight is 285 g/mol. The van der Waals surface area contributed by atoms with Crippen molar-refractivity contribution in [2.75, 3.05) is 19.8 Å². The van der Waals surface area contributed by atoms with Crippen molar-refractivity contribution in [3.63, 3.8) is 0 Å². The van der Waals surface area contributed by atoms with Crippen LogP contribution in [-0.2, 0) is 11.3 Å². The fourth-order valence-electron chi connectivity index (χ4n) is 2.21. The molecule has 2 rings (SSSR count). The number of benzene rings is 1. The van der Waals surface area contributed by atoms with Crippen LogP contribution in [0.5, 0.6) is 0 Å². The molecule has 1 heterocycles. The van der Waals surface area contributed by atoms with E-state index >= 15 is 0 Å². The molecule has 106 valence electrons. The van der Waals surface area contributed by atoms with Gasteiger partial charge in [-0.1, -0.05) is 19.1 Å². The lowest BCUT2D eigenvalue weighted by Crippen LogP contribution is -2.48. The maximum Gasteiger partial charge on any atom is 0.254 e. The molecule has 0 spiro atoms. The molecule has 1 amide bonds. The lowest BCUT2D eigenvalue weighted by Gasteiger charge is -2.35. The molecule has 0 bridgehead atoms. The number of amides is 1. The van der Waals surface area contributed by atoms with Crippen LogP contribution in [0.1, 0.15) is 29.3 Å². The predicted octanol–water partition coefficient (Wildman–Crippen LogP) is 1.82. The third-order valence-electron chi connectivity index (χ3n) is 3.40. The van der Waals surface area contributed by atoms with Gasteiger partial charge in [0.25, 0.3) is 5.91 Å². The summed E-state index contributed by atoms with van der Waals surface area (Å²) in [5.41, 5.74) is 7.32. The van der Waals surface area contributed by atoms with Gasteiger partial charge in [0.2, 0.25) is 0 Å². The Morgan fingerprint density at radius 1 is 1.42 bits per heavy atom. The van der Waals surface area contributed by atoms with E-state index in [9.17, 15) is 4.79 Å². The monoisotopic (exact) mass is 284 g/mol. The van der Waals surface area contributed by atoms with Gasteiger partial charge in [0.1, 0.15) is 0 Å². The van der Waals surface area contributed by atoms with E-state index in [1.54, 1.807) is 0 Å². The van der Waals surface area contributed by atoms with Crippen molar-refractivity contribution in [1.82, 2.24) is 4.90 Å². The molecule has 1 aromatic carbocycles. The smallest absolute Gasteiger partial charge is 0.254 e. The quantitative estimate of drug-likeness (QED) is 0.921. The summed E-state index contributed by atoms with van der Waals surface area (Å²) in [6.45, 7) is 4.53. The first kappa shape index (κ1) is 16.0. The number of carbonyl (C=O) groups is 1. The van der Waals surface area contributed by atoms with Gasteiger partial charge in [-0.3, -0.25) is 4.79 Å². The molecule has 2 N–H and O–H groups in total. The van der Waals surface area contributed by atoms with E-state index in [0.717, 1.165) is 17.5 Å². The van der Waals surface area contributed by atoms with Gasteiger partial charge >= 0.3 is 0 Å². The topological polar surface area (TPSA) is 55.6 Å². The molecular formula is C14H21ClN2O2. The summed E-state index contributed by atoms with van der Waals surface area (Å²) in [6, 6.07) is 7.73. The molecule has 1 aromatic rings. The van der Waals surface area contributed by atoms with E-state index in [1.807, 2.05) is 29.2 Å². The molecular weight excluding hydrogens is 264 g/mol. The minimum absolute atomic E-state index is 0. The van der Waals surface area contributed by atoms with E-state index in [1.165, 1.54) is 0 Å². The van der Waals surface area contributed by atoms with Crippen LogP contribution in [0.4, 0.5) is 0 Å². The third kappa shape index (κ3) is 3.69. The standard InChI is InChI=1S/C14H20N2O2.ClH/c1-2-13-10-18-8-7-16(13)14(17)12-5-3-11(9-15)4-6-12;/h3-6,13H,2,7-10,15H2,1H3;1H. The molecule has 1 saturated heterocycles. The Balaban J connectivity index is 0.00000180. The fourth-order valence-corrected chi connectivity index (χ4v) is 2.21. The highest BCUT2D eigenvalue weighted by atomic mass is 35.5. The molecule has 1 unspecified atom stereocenters. The van der Waals surface area contributed by atoms with Crippen molar-refractivity contribution in [2.45, 2.75) is 25.9 Å². The van der Waals surface area contributed by atoms with Crippen molar-refractivity contribution in [1.29, 1.82) is 0 Å². The van der Waals surface area contributed by atoms with E-state index in [0.29, 0.717) is 26.3 Å². The maximum absolute atomic E-state index is 12.4. The Morgan fingerprint density at radius 2 is 2.11 bits per heavy atom. The van der Waals surface area contributed by atoms with Crippen molar-refractivity contribution >= 4 is 18.3 Å². The van der Waals surface area contributed by atoms with Crippen LogP contribution in [0.15, 0.2) is 24.3 Å². The minimum Gasteiger partial charge on any atom is -0.377 e. The molecule has 1 atom stereocenters. The number of hydrogen-bond acceptors (Lipinski definition) is 3. The van der Waals surface area contributed by atoms with Gasteiger partial charge in [-0.05, 0) is 24.1 Å². The zero-order valence-electron chi connectivity index (χ0n) is 11.2. The summed E-state index contributed by atoms with van der Waals surface area (Å²) < 4.78 is 5.42. The fraction of sp³-hybridized carbons (Fsp3) is 0.500. The number of morpholine rings is 1. The number of nitrogens with zero attached hydrogens (tertiary/aromatic N) is 1. The van der Waals surface area contributed by atoms with Gasteiger partial charge in [-0.2, -0.15) is 0 Å². The van der Waals surface area contributed by atoms with E-state index < -0.39 is 0 Å². The highest BCUT2D eigenvalue weighted by Crippen LogP contribution is 2.15. The van der Waals surface area contributed by atoms with E-state index in [-0.39, 0.29) is 24.4 Å². The minimum atomic E-state index is 0. The molecule has 19 heavy (non-hydrogen) atoms. The predicted molar refractivity (Wildman–Crippen MR) is 77.5 cm³/mol. The summed E-state index contributed by atoms with van der Waals surface area (Å²) in [7, 11) is 0. The molecule has 1 fully saturated rings. The second-order valence-electron chi connectivity index (χ2n) is 4.54. The number of hydrogen-bond donors (Lipinski definition) is 1. The third-order valence-corrected chi connectivity index (χ3v) is 3.40. The van der Waals surface area contributed by atoms with Crippen molar-refractivity contribution in [3.8, 4) is 0 Å². The number of rotatable bonds is 3. The van der Waals surface area contributed by atoms with Crippen molar-refractivity contribution < 1.29 is 9.53 Å². The number of nitrogens with two attached hydrogens (primary N) is 1. The van der Waals surface area contributed by atoms with Crippen LogP contribution in [0.2, 0.25) is 0 Å². The molecule has 0 saturated carbocycles. The van der Waals surface area contributed by atoms with E-state index in [4.69, 9.17) is 10.5 Å².